The largest absolute Gasteiger partial charge is 0.384 e. The van der Waals surface area contributed by atoms with Crippen molar-refractivity contribution in [3.05, 3.63) is 18.2 Å². The Kier molecular flexibility index (Phi) is 3.83. The normalized spacial score (nSPS) is 10.0. The van der Waals surface area contributed by atoms with Gasteiger partial charge in [-0.05, 0) is 25.1 Å². The summed E-state index contributed by atoms with van der Waals surface area (Å²) in [4.78, 5) is 0. The highest BCUT2D eigenvalue weighted by molar-refractivity contribution is 6.36. The fraction of sp³-hybridized carbons (Fsp3) is 0.400. The Bertz CT molecular complexity index is 274. The van der Waals surface area contributed by atoms with Crippen molar-refractivity contribution < 1.29 is 0 Å². The van der Waals surface area contributed by atoms with Crippen molar-refractivity contribution in [1.29, 1.82) is 0 Å². The van der Waals surface area contributed by atoms with Crippen molar-refractivity contribution in [3.63, 3.8) is 0 Å². The van der Waals surface area contributed by atoms with Crippen LogP contribution in [0.2, 0.25) is 0 Å². The Morgan fingerprint density at radius 3 is 2.46 bits per heavy atom. The van der Waals surface area contributed by atoms with Crippen LogP contribution in [0.25, 0.3) is 0 Å². The van der Waals surface area contributed by atoms with Crippen LogP contribution in [0.15, 0.2) is 18.2 Å². The van der Waals surface area contributed by atoms with Gasteiger partial charge in [-0.25, -0.2) is 0 Å². The van der Waals surface area contributed by atoms with Gasteiger partial charge in [0.05, 0.1) is 11.4 Å². The average molecular weight is 194 g/mol. The van der Waals surface area contributed by atoms with Gasteiger partial charge in [-0.3, -0.25) is 0 Å². The second kappa shape index (κ2) is 4.92. The Morgan fingerprint density at radius 2 is 1.85 bits per heavy atom. The number of para-hydroxylation sites is 1. The first-order valence-corrected chi connectivity index (χ1v) is 5.87. The minimum absolute atomic E-state index is 0.976. The second-order valence-corrected chi connectivity index (χ2v) is 4.14. The van der Waals surface area contributed by atoms with Crippen LogP contribution in [0.4, 0.5) is 11.4 Å². The maximum absolute atomic E-state index is 3.40. The first kappa shape index (κ1) is 10.1. The molecule has 0 saturated carbocycles. The van der Waals surface area contributed by atoms with Gasteiger partial charge in [0.15, 0.2) is 0 Å². The van der Waals surface area contributed by atoms with Crippen molar-refractivity contribution in [1.82, 2.24) is 0 Å². The molecular weight excluding hydrogens is 176 g/mol. The predicted octanol–water partition coefficient (Wildman–Crippen LogP) is 0.541. The van der Waals surface area contributed by atoms with E-state index in [4.69, 9.17) is 0 Å². The summed E-state index contributed by atoms with van der Waals surface area (Å²) in [5, 5.41) is 8.19. The molecule has 0 radical (unpaired) electrons. The molecule has 2 nitrogen and oxygen atoms in total. The van der Waals surface area contributed by atoms with Gasteiger partial charge in [0.1, 0.15) is 0 Å². The van der Waals surface area contributed by atoms with Crippen molar-refractivity contribution in [2.75, 3.05) is 23.7 Å². The minimum atomic E-state index is 0.976. The summed E-state index contributed by atoms with van der Waals surface area (Å²) < 4.78 is 0. The standard InChI is InChI=1S/C10H18N2Si/c1-3-11-8-6-5-7-9(13)10(8)12-4-2/h5-7,11-12H,3-4H2,1-2,13H3. The van der Waals surface area contributed by atoms with Crippen LogP contribution in [-0.2, 0) is 0 Å². The molecule has 0 fully saturated rings. The van der Waals surface area contributed by atoms with E-state index >= 15 is 0 Å². The van der Waals surface area contributed by atoms with E-state index in [1.165, 1.54) is 16.6 Å². The van der Waals surface area contributed by atoms with Crippen molar-refractivity contribution in [3.8, 4) is 0 Å². The lowest BCUT2D eigenvalue weighted by Gasteiger charge is -2.14. The number of benzene rings is 1. The van der Waals surface area contributed by atoms with Gasteiger partial charge in [0.2, 0.25) is 0 Å². The minimum Gasteiger partial charge on any atom is -0.384 e. The molecule has 72 valence electrons. The third kappa shape index (κ3) is 2.49. The molecule has 0 saturated heterocycles. The number of hydrogen-bond acceptors (Lipinski definition) is 2. The number of nitrogens with one attached hydrogen (secondary N) is 2. The van der Waals surface area contributed by atoms with E-state index < -0.39 is 0 Å². The van der Waals surface area contributed by atoms with Crippen LogP contribution in [0.3, 0.4) is 0 Å². The smallest absolute Gasteiger partial charge is 0.0574 e. The van der Waals surface area contributed by atoms with Gasteiger partial charge in [0.25, 0.3) is 0 Å². The molecule has 1 aromatic carbocycles. The lowest BCUT2D eigenvalue weighted by Crippen LogP contribution is -2.15. The molecule has 0 unspecified atom stereocenters. The summed E-state index contributed by atoms with van der Waals surface area (Å²) in [6.45, 7) is 6.21. The van der Waals surface area contributed by atoms with Crippen LogP contribution in [0, 0.1) is 0 Å². The molecule has 1 rings (SSSR count). The number of rotatable bonds is 4. The van der Waals surface area contributed by atoms with Gasteiger partial charge < -0.3 is 10.6 Å². The Hall–Kier alpha value is -0.963. The molecule has 0 aliphatic carbocycles. The van der Waals surface area contributed by atoms with Gasteiger partial charge >= 0.3 is 0 Å². The number of anilines is 2. The van der Waals surface area contributed by atoms with Crippen molar-refractivity contribution in [2.24, 2.45) is 0 Å². The molecule has 1 aromatic rings. The third-order valence-corrected chi connectivity index (χ3v) is 2.83. The number of hydrogen-bond donors (Lipinski definition) is 2. The second-order valence-electron chi connectivity index (χ2n) is 3.06. The summed E-state index contributed by atoms with van der Waals surface area (Å²) in [5.74, 6) is 0. The fourth-order valence-electron chi connectivity index (χ4n) is 1.42. The van der Waals surface area contributed by atoms with E-state index in [1.807, 2.05) is 0 Å². The summed E-state index contributed by atoms with van der Waals surface area (Å²) in [5.41, 5.74) is 2.52. The van der Waals surface area contributed by atoms with Crippen LogP contribution in [0.1, 0.15) is 13.8 Å². The summed E-state index contributed by atoms with van der Waals surface area (Å²) in [7, 11) is 1.09. The van der Waals surface area contributed by atoms with E-state index in [1.54, 1.807) is 0 Å². The Morgan fingerprint density at radius 1 is 1.15 bits per heavy atom. The van der Waals surface area contributed by atoms with Crippen LogP contribution in [0.5, 0.6) is 0 Å². The van der Waals surface area contributed by atoms with E-state index in [0.29, 0.717) is 0 Å². The summed E-state index contributed by atoms with van der Waals surface area (Å²) in [6.07, 6.45) is 0. The maximum atomic E-state index is 3.40. The predicted molar refractivity (Wildman–Crippen MR) is 64.3 cm³/mol. The van der Waals surface area contributed by atoms with Crippen molar-refractivity contribution >= 4 is 26.8 Å². The molecule has 2 N–H and O–H groups in total. The quantitative estimate of drug-likeness (QED) is 0.684. The molecule has 0 heterocycles. The fourth-order valence-corrected chi connectivity index (χ4v) is 2.06. The summed E-state index contributed by atoms with van der Waals surface area (Å²) in [6, 6.07) is 6.43. The first-order valence-electron chi connectivity index (χ1n) is 4.87. The lowest BCUT2D eigenvalue weighted by molar-refractivity contribution is 1.18. The van der Waals surface area contributed by atoms with E-state index in [9.17, 15) is 0 Å². The topological polar surface area (TPSA) is 24.1 Å². The molecule has 3 heteroatoms. The molecule has 0 spiro atoms. The molecule has 0 bridgehead atoms. The summed E-state index contributed by atoms with van der Waals surface area (Å²) >= 11 is 0. The highest BCUT2D eigenvalue weighted by Crippen LogP contribution is 2.17. The zero-order valence-electron chi connectivity index (χ0n) is 8.65. The van der Waals surface area contributed by atoms with E-state index in [2.05, 4.69) is 42.7 Å². The highest BCUT2D eigenvalue weighted by atomic mass is 28.1. The zero-order chi connectivity index (χ0) is 9.68. The van der Waals surface area contributed by atoms with Gasteiger partial charge in [0, 0.05) is 23.3 Å². The SMILES string of the molecule is CCNc1cccc([SiH3])c1NCC. The molecular formula is C10H18N2Si. The molecule has 0 aromatic heterocycles. The molecule has 0 atom stereocenters. The zero-order valence-corrected chi connectivity index (χ0v) is 10.6. The van der Waals surface area contributed by atoms with Crippen LogP contribution >= 0.6 is 0 Å². The third-order valence-electron chi connectivity index (χ3n) is 1.99. The van der Waals surface area contributed by atoms with Gasteiger partial charge in [-0.2, -0.15) is 0 Å². The van der Waals surface area contributed by atoms with Gasteiger partial charge in [-0.15, -0.1) is 0 Å². The highest BCUT2D eigenvalue weighted by Gasteiger charge is 2.01. The average Bonchev–Trinajstić information content (AvgIpc) is 2.11. The van der Waals surface area contributed by atoms with Crippen LogP contribution in [-0.4, -0.2) is 23.3 Å². The van der Waals surface area contributed by atoms with Gasteiger partial charge in [-0.1, -0.05) is 12.1 Å². The van der Waals surface area contributed by atoms with Crippen LogP contribution < -0.4 is 15.8 Å². The van der Waals surface area contributed by atoms with E-state index in [-0.39, 0.29) is 0 Å². The Balaban J connectivity index is 2.95. The van der Waals surface area contributed by atoms with E-state index in [0.717, 1.165) is 23.3 Å². The molecule has 0 amide bonds. The first-order chi connectivity index (χ1) is 6.29. The van der Waals surface area contributed by atoms with Crippen molar-refractivity contribution in [2.45, 2.75) is 13.8 Å². The molecule has 0 aliphatic heterocycles. The maximum Gasteiger partial charge on any atom is 0.0574 e. The molecule has 13 heavy (non-hydrogen) atoms. The molecule has 0 aliphatic rings. The Labute approximate surface area is 83.2 Å². The lowest BCUT2D eigenvalue weighted by atomic mass is 10.2. The monoisotopic (exact) mass is 194 g/mol.